The number of nitrogens with zero attached hydrogens (tertiary/aromatic N) is 1. The molecule has 0 unspecified atom stereocenters. The van der Waals surface area contributed by atoms with E-state index in [-0.39, 0.29) is 5.97 Å². The van der Waals surface area contributed by atoms with Crippen molar-refractivity contribution in [3.63, 3.8) is 0 Å². The fraction of sp³-hybridized carbons (Fsp3) is 0.192. The third kappa shape index (κ3) is 3.75. The molecular weight excluding hydrogens is 374 g/mol. The fourth-order valence-electron chi connectivity index (χ4n) is 3.57. The van der Waals surface area contributed by atoms with Gasteiger partial charge in [-0.3, -0.25) is 4.79 Å². The molecule has 4 heteroatoms. The van der Waals surface area contributed by atoms with Gasteiger partial charge in [0, 0.05) is 28.2 Å². The molecule has 0 radical (unpaired) electrons. The predicted octanol–water partition coefficient (Wildman–Crippen LogP) is 5.56. The lowest BCUT2D eigenvalue weighted by Gasteiger charge is -2.11. The normalized spacial score (nSPS) is 10.6. The zero-order valence-corrected chi connectivity index (χ0v) is 17.1. The summed E-state index contributed by atoms with van der Waals surface area (Å²) in [5.74, 6) is 7.11. The van der Waals surface area contributed by atoms with Gasteiger partial charge in [0.2, 0.25) is 0 Å². The van der Waals surface area contributed by atoms with Crippen LogP contribution in [0.25, 0.3) is 21.8 Å². The Morgan fingerprint density at radius 3 is 2.20 bits per heavy atom. The van der Waals surface area contributed by atoms with E-state index in [1.54, 1.807) is 13.0 Å². The van der Waals surface area contributed by atoms with Gasteiger partial charge in [0.25, 0.3) is 0 Å². The van der Waals surface area contributed by atoms with E-state index in [1.807, 2.05) is 31.2 Å². The lowest BCUT2D eigenvalue weighted by Crippen LogP contribution is -2.08. The third-order valence-electron chi connectivity index (χ3n) is 4.92. The number of hydrogen-bond donors (Lipinski definition) is 0. The van der Waals surface area contributed by atoms with Crippen LogP contribution >= 0.6 is 0 Å². The number of esters is 1. The van der Waals surface area contributed by atoms with Crippen molar-refractivity contribution in [3.05, 3.63) is 72.3 Å². The Kier molecular flexibility index (Phi) is 5.72. The number of benzene rings is 3. The first-order chi connectivity index (χ1) is 14.7. The van der Waals surface area contributed by atoms with E-state index in [1.165, 1.54) is 10.8 Å². The molecule has 1 aromatic heterocycles. The molecule has 0 fully saturated rings. The number of hydrogen-bond acceptors (Lipinski definition) is 3. The van der Waals surface area contributed by atoms with Crippen LogP contribution in [0.2, 0.25) is 0 Å². The van der Waals surface area contributed by atoms with Crippen LogP contribution in [0.1, 0.15) is 25.8 Å². The Bertz CT molecular complexity index is 1220. The number of fused-ring (bicyclic) bond motifs is 3. The summed E-state index contributed by atoms with van der Waals surface area (Å²) in [5.41, 5.74) is 3.02. The predicted molar refractivity (Wildman–Crippen MR) is 120 cm³/mol. The molecule has 0 saturated heterocycles. The maximum Gasteiger partial charge on any atom is 0.311 e. The molecule has 4 aromatic rings. The van der Waals surface area contributed by atoms with E-state index < -0.39 is 0 Å². The maximum atomic E-state index is 11.8. The molecule has 0 N–H and O–H groups in total. The number of rotatable bonds is 5. The third-order valence-corrected chi connectivity index (χ3v) is 4.92. The fourth-order valence-corrected chi connectivity index (χ4v) is 3.57. The average Bonchev–Trinajstić information content (AvgIpc) is 3.10. The van der Waals surface area contributed by atoms with Crippen molar-refractivity contribution in [2.45, 2.75) is 26.8 Å². The lowest BCUT2D eigenvalue weighted by atomic mass is 10.2. The molecule has 0 bridgehead atoms. The van der Waals surface area contributed by atoms with Gasteiger partial charge in [-0.15, -0.1) is 0 Å². The van der Waals surface area contributed by atoms with E-state index in [4.69, 9.17) is 9.47 Å². The highest BCUT2D eigenvalue weighted by molar-refractivity contribution is 6.08. The van der Waals surface area contributed by atoms with Crippen LogP contribution in [-0.2, 0) is 11.3 Å². The van der Waals surface area contributed by atoms with E-state index in [2.05, 4.69) is 52.8 Å². The van der Waals surface area contributed by atoms with Gasteiger partial charge in [0.05, 0.1) is 18.7 Å². The van der Waals surface area contributed by atoms with Crippen LogP contribution in [0.5, 0.6) is 11.5 Å². The van der Waals surface area contributed by atoms with Gasteiger partial charge in [-0.2, -0.15) is 0 Å². The Hall–Kier alpha value is -3.71. The van der Waals surface area contributed by atoms with Crippen molar-refractivity contribution >= 4 is 27.8 Å². The first kappa shape index (κ1) is 19.6. The van der Waals surface area contributed by atoms with Crippen LogP contribution in [0.3, 0.4) is 0 Å². The molecule has 0 aliphatic heterocycles. The van der Waals surface area contributed by atoms with Crippen LogP contribution in [0.15, 0.2) is 66.7 Å². The molecular formula is C26H23NO3. The summed E-state index contributed by atoms with van der Waals surface area (Å²) in [7, 11) is 0. The zero-order chi connectivity index (χ0) is 20.9. The standard InChI is InChI=1S/C26H23NO3/c1-3-25(28)30-24-17-9-11-19(26(24)29-4-2)12-10-18-27-22-15-7-5-13-20(22)21-14-6-8-16-23(21)27/h5-9,11,13-17H,3-4,18H2,1-2H3. The SMILES string of the molecule is CCOc1c(C#CCn2c3ccccc3c3ccccc32)cccc1OC(=O)CC. The smallest absolute Gasteiger partial charge is 0.311 e. The van der Waals surface area contributed by atoms with Gasteiger partial charge < -0.3 is 14.0 Å². The number of aromatic nitrogens is 1. The van der Waals surface area contributed by atoms with Crippen molar-refractivity contribution in [2.75, 3.05) is 6.61 Å². The minimum atomic E-state index is -0.300. The quantitative estimate of drug-likeness (QED) is 0.251. The molecule has 4 nitrogen and oxygen atoms in total. The summed E-state index contributed by atoms with van der Waals surface area (Å²) in [6.07, 6.45) is 0.301. The molecule has 3 aromatic carbocycles. The highest BCUT2D eigenvalue weighted by Crippen LogP contribution is 2.32. The van der Waals surface area contributed by atoms with Crippen molar-refractivity contribution in [2.24, 2.45) is 0 Å². The van der Waals surface area contributed by atoms with Gasteiger partial charge in [-0.25, -0.2) is 0 Å². The minimum absolute atomic E-state index is 0.300. The summed E-state index contributed by atoms with van der Waals surface area (Å²) in [4.78, 5) is 11.8. The molecule has 30 heavy (non-hydrogen) atoms. The molecule has 0 aliphatic rings. The van der Waals surface area contributed by atoms with Crippen molar-refractivity contribution < 1.29 is 14.3 Å². The topological polar surface area (TPSA) is 40.5 Å². The van der Waals surface area contributed by atoms with Gasteiger partial charge in [0.1, 0.15) is 0 Å². The zero-order valence-electron chi connectivity index (χ0n) is 17.1. The first-order valence-electron chi connectivity index (χ1n) is 10.1. The Morgan fingerprint density at radius 2 is 1.57 bits per heavy atom. The van der Waals surface area contributed by atoms with Crippen LogP contribution < -0.4 is 9.47 Å². The molecule has 0 atom stereocenters. The monoisotopic (exact) mass is 397 g/mol. The summed E-state index contributed by atoms with van der Waals surface area (Å²) < 4.78 is 13.4. The number of carbonyl (C=O) groups is 1. The van der Waals surface area contributed by atoms with Crippen LogP contribution in [0.4, 0.5) is 0 Å². The van der Waals surface area contributed by atoms with E-state index in [9.17, 15) is 4.79 Å². The Balaban J connectivity index is 1.72. The largest absolute Gasteiger partial charge is 0.489 e. The van der Waals surface area contributed by atoms with Gasteiger partial charge in [-0.05, 0) is 31.2 Å². The van der Waals surface area contributed by atoms with Crippen LogP contribution in [0, 0.1) is 11.8 Å². The second kappa shape index (κ2) is 8.75. The Labute approximate surface area is 176 Å². The molecule has 150 valence electrons. The average molecular weight is 397 g/mol. The van der Waals surface area contributed by atoms with E-state index >= 15 is 0 Å². The minimum Gasteiger partial charge on any atom is -0.489 e. The number of ether oxygens (including phenoxy) is 2. The van der Waals surface area contributed by atoms with E-state index in [0.717, 1.165) is 11.0 Å². The van der Waals surface area contributed by atoms with Gasteiger partial charge in [0.15, 0.2) is 11.5 Å². The second-order valence-electron chi connectivity index (χ2n) is 6.82. The number of carbonyl (C=O) groups excluding carboxylic acids is 1. The van der Waals surface area contributed by atoms with Crippen molar-refractivity contribution in [1.29, 1.82) is 0 Å². The molecule has 0 aliphatic carbocycles. The summed E-state index contributed by atoms with van der Waals surface area (Å²) in [5, 5.41) is 2.44. The van der Waals surface area contributed by atoms with Crippen LogP contribution in [-0.4, -0.2) is 17.1 Å². The summed E-state index contributed by atoms with van der Waals surface area (Å²) in [6.45, 7) is 4.66. The first-order valence-corrected chi connectivity index (χ1v) is 10.1. The molecule has 0 amide bonds. The summed E-state index contributed by atoms with van der Waals surface area (Å²) in [6, 6.07) is 22.2. The van der Waals surface area contributed by atoms with E-state index in [0.29, 0.717) is 36.6 Å². The molecule has 1 heterocycles. The van der Waals surface area contributed by atoms with Gasteiger partial charge >= 0.3 is 5.97 Å². The molecule has 4 rings (SSSR count). The van der Waals surface area contributed by atoms with Crippen molar-refractivity contribution in [1.82, 2.24) is 4.57 Å². The van der Waals surface area contributed by atoms with Crippen molar-refractivity contribution in [3.8, 4) is 23.3 Å². The maximum absolute atomic E-state index is 11.8. The highest BCUT2D eigenvalue weighted by Gasteiger charge is 2.13. The summed E-state index contributed by atoms with van der Waals surface area (Å²) >= 11 is 0. The second-order valence-corrected chi connectivity index (χ2v) is 6.82. The highest BCUT2D eigenvalue weighted by atomic mass is 16.6. The molecule has 0 saturated carbocycles. The molecule has 0 spiro atoms. The number of para-hydroxylation sites is 3. The van der Waals surface area contributed by atoms with Gasteiger partial charge in [-0.1, -0.05) is 61.2 Å². The Morgan fingerprint density at radius 1 is 0.900 bits per heavy atom. The lowest BCUT2D eigenvalue weighted by molar-refractivity contribution is -0.134.